The second-order valence-corrected chi connectivity index (χ2v) is 4.34. The van der Waals surface area contributed by atoms with Gasteiger partial charge in [0.1, 0.15) is 5.82 Å². The summed E-state index contributed by atoms with van der Waals surface area (Å²) in [6.07, 6.45) is 1.39. The second kappa shape index (κ2) is 5.48. The SMILES string of the molecule is NNC(c1ccc(F)c(F)c1)c1cc(Cl)cnc1N. The van der Waals surface area contributed by atoms with Crippen molar-refractivity contribution in [3.63, 3.8) is 0 Å². The van der Waals surface area contributed by atoms with Gasteiger partial charge in [0.25, 0.3) is 0 Å². The van der Waals surface area contributed by atoms with Crippen LogP contribution in [0.5, 0.6) is 0 Å². The topological polar surface area (TPSA) is 77.0 Å². The number of nitrogen functional groups attached to an aromatic ring is 1. The first-order valence-electron chi connectivity index (χ1n) is 5.35. The molecule has 1 aromatic heterocycles. The summed E-state index contributed by atoms with van der Waals surface area (Å²) in [4.78, 5) is 3.90. The quantitative estimate of drug-likeness (QED) is 0.596. The van der Waals surface area contributed by atoms with Gasteiger partial charge >= 0.3 is 0 Å². The molecule has 2 rings (SSSR count). The van der Waals surface area contributed by atoms with Gasteiger partial charge in [-0.15, -0.1) is 0 Å². The Kier molecular flexibility index (Phi) is 3.94. The summed E-state index contributed by atoms with van der Waals surface area (Å²) in [5, 5.41) is 0.368. The van der Waals surface area contributed by atoms with E-state index in [4.69, 9.17) is 23.2 Å². The third-order valence-corrected chi connectivity index (χ3v) is 2.88. The minimum absolute atomic E-state index is 0.206. The van der Waals surface area contributed by atoms with Gasteiger partial charge in [-0.25, -0.2) is 19.2 Å². The molecule has 0 saturated carbocycles. The number of halogens is 3. The zero-order chi connectivity index (χ0) is 14.0. The molecule has 0 fully saturated rings. The van der Waals surface area contributed by atoms with E-state index in [0.717, 1.165) is 12.1 Å². The highest BCUT2D eigenvalue weighted by Crippen LogP contribution is 2.28. The number of hydrazine groups is 1. The van der Waals surface area contributed by atoms with Crippen LogP contribution in [0.4, 0.5) is 14.6 Å². The molecule has 5 N–H and O–H groups in total. The summed E-state index contributed by atoms with van der Waals surface area (Å²) in [5.74, 6) is 3.76. The summed E-state index contributed by atoms with van der Waals surface area (Å²) in [6, 6.07) is 4.39. The van der Waals surface area contributed by atoms with E-state index >= 15 is 0 Å². The lowest BCUT2D eigenvalue weighted by molar-refractivity contribution is 0.504. The maximum atomic E-state index is 13.3. The molecule has 4 nitrogen and oxygen atoms in total. The molecule has 0 aliphatic rings. The molecule has 100 valence electrons. The number of aromatic nitrogens is 1. The lowest BCUT2D eigenvalue weighted by atomic mass is 9.99. The molecular weight excluding hydrogens is 274 g/mol. The fourth-order valence-corrected chi connectivity index (χ4v) is 1.92. The number of rotatable bonds is 3. The van der Waals surface area contributed by atoms with Crippen molar-refractivity contribution in [2.24, 2.45) is 5.84 Å². The number of nitrogens with zero attached hydrogens (tertiary/aromatic N) is 1. The standard InChI is InChI=1S/C12H11ClF2N4/c13-7-4-8(12(16)18-5-7)11(19-17)6-1-2-9(14)10(15)3-6/h1-5,11,19H,17H2,(H2,16,18). The molecule has 0 bridgehead atoms. The smallest absolute Gasteiger partial charge is 0.159 e. The average Bonchev–Trinajstić information content (AvgIpc) is 2.38. The van der Waals surface area contributed by atoms with E-state index in [1.807, 2.05) is 0 Å². The van der Waals surface area contributed by atoms with Gasteiger partial charge in [0.2, 0.25) is 0 Å². The number of pyridine rings is 1. The van der Waals surface area contributed by atoms with Gasteiger partial charge in [-0.05, 0) is 23.8 Å². The van der Waals surface area contributed by atoms with Crippen LogP contribution in [0.1, 0.15) is 17.2 Å². The Balaban J connectivity index is 2.49. The van der Waals surface area contributed by atoms with Crippen molar-refractivity contribution >= 4 is 17.4 Å². The van der Waals surface area contributed by atoms with E-state index in [-0.39, 0.29) is 5.82 Å². The predicted octanol–water partition coefficient (Wildman–Crippen LogP) is 2.15. The van der Waals surface area contributed by atoms with E-state index < -0.39 is 17.7 Å². The van der Waals surface area contributed by atoms with Gasteiger partial charge in [0.05, 0.1) is 11.1 Å². The van der Waals surface area contributed by atoms with Crippen LogP contribution >= 0.6 is 11.6 Å². The Bertz CT molecular complexity index is 606. The van der Waals surface area contributed by atoms with Crippen molar-refractivity contribution < 1.29 is 8.78 Å². The van der Waals surface area contributed by atoms with Gasteiger partial charge in [-0.3, -0.25) is 5.84 Å². The van der Waals surface area contributed by atoms with Crippen LogP contribution in [0.15, 0.2) is 30.5 Å². The number of benzene rings is 1. The first-order valence-corrected chi connectivity index (χ1v) is 5.72. The molecule has 1 atom stereocenters. The summed E-state index contributed by atoms with van der Waals surface area (Å²) in [5.41, 5.74) is 9.12. The molecule has 0 amide bonds. The Labute approximate surface area is 113 Å². The Hall–Kier alpha value is -1.76. The Morgan fingerprint density at radius 1 is 1.21 bits per heavy atom. The summed E-state index contributed by atoms with van der Waals surface area (Å²) in [6.45, 7) is 0. The molecule has 0 spiro atoms. The van der Waals surface area contributed by atoms with Crippen molar-refractivity contribution in [2.45, 2.75) is 6.04 Å². The maximum absolute atomic E-state index is 13.3. The highest BCUT2D eigenvalue weighted by atomic mass is 35.5. The molecule has 2 aromatic rings. The highest BCUT2D eigenvalue weighted by molar-refractivity contribution is 6.30. The van der Waals surface area contributed by atoms with Crippen molar-refractivity contribution in [3.8, 4) is 0 Å². The highest BCUT2D eigenvalue weighted by Gasteiger charge is 2.18. The van der Waals surface area contributed by atoms with Gasteiger partial charge in [-0.2, -0.15) is 0 Å². The maximum Gasteiger partial charge on any atom is 0.159 e. The molecule has 0 aliphatic carbocycles. The predicted molar refractivity (Wildman–Crippen MR) is 69.2 cm³/mol. The number of nitrogens with two attached hydrogens (primary N) is 2. The van der Waals surface area contributed by atoms with Crippen LogP contribution in [0.3, 0.4) is 0 Å². The van der Waals surface area contributed by atoms with E-state index in [9.17, 15) is 8.78 Å². The fraction of sp³-hybridized carbons (Fsp3) is 0.0833. The van der Waals surface area contributed by atoms with Crippen molar-refractivity contribution in [1.29, 1.82) is 0 Å². The van der Waals surface area contributed by atoms with Crippen LogP contribution < -0.4 is 17.0 Å². The second-order valence-electron chi connectivity index (χ2n) is 3.90. The number of hydrogen-bond donors (Lipinski definition) is 3. The number of nitrogens with one attached hydrogen (secondary N) is 1. The number of anilines is 1. The Morgan fingerprint density at radius 2 is 1.95 bits per heavy atom. The van der Waals surface area contributed by atoms with Crippen molar-refractivity contribution in [2.75, 3.05) is 5.73 Å². The number of hydrogen-bond acceptors (Lipinski definition) is 4. The van der Waals surface area contributed by atoms with E-state index in [2.05, 4.69) is 10.4 Å². The van der Waals surface area contributed by atoms with Crippen LogP contribution in [-0.4, -0.2) is 4.98 Å². The summed E-state index contributed by atoms with van der Waals surface area (Å²) >= 11 is 5.84. The van der Waals surface area contributed by atoms with Crippen LogP contribution in [0.2, 0.25) is 5.02 Å². The minimum Gasteiger partial charge on any atom is -0.383 e. The normalized spacial score (nSPS) is 12.4. The van der Waals surface area contributed by atoms with Gasteiger partial charge in [-0.1, -0.05) is 17.7 Å². The minimum atomic E-state index is -0.966. The largest absolute Gasteiger partial charge is 0.383 e. The first kappa shape index (κ1) is 13.7. The zero-order valence-corrected chi connectivity index (χ0v) is 10.5. The van der Waals surface area contributed by atoms with E-state index in [1.54, 1.807) is 6.07 Å². The third-order valence-electron chi connectivity index (χ3n) is 2.67. The fourth-order valence-electron chi connectivity index (χ4n) is 1.75. The molecule has 0 aliphatic heterocycles. The molecular formula is C12H11ClF2N4. The Morgan fingerprint density at radius 3 is 2.58 bits per heavy atom. The van der Waals surface area contributed by atoms with Crippen LogP contribution in [0.25, 0.3) is 0 Å². The summed E-state index contributed by atoms with van der Waals surface area (Å²) < 4.78 is 26.2. The molecule has 1 unspecified atom stereocenters. The molecule has 1 aromatic carbocycles. The average molecular weight is 285 g/mol. The van der Waals surface area contributed by atoms with E-state index in [0.29, 0.717) is 16.1 Å². The molecule has 0 saturated heterocycles. The monoisotopic (exact) mass is 284 g/mol. The molecule has 1 heterocycles. The molecule has 0 radical (unpaired) electrons. The molecule has 7 heteroatoms. The summed E-state index contributed by atoms with van der Waals surface area (Å²) in [7, 11) is 0. The van der Waals surface area contributed by atoms with Gasteiger partial charge in [0.15, 0.2) is 11.6 Å². The van der Waals surface area contributed by atoms with Crippen molar-refractivity contribution in [3.05, 3.63) is 58.2 Å². The third kappa shape index (κ3) is 2.81. The van der Waals surface area contributed by atoms with Crippen LogP contribution in [0, 0.1) is 11.6 Å². The zero-order valence-electron chi connectivity index (χ0n) is 9.70. The lowest BCUT2D eigenvalue weighted by Gasteiger charge is -2.18. The van der Waals surface area contributed by atoms with Crippen LogP contribution in [-0.2, 0) is 0 Å². The van der Waals surface area contributed by atoms with Crippen molar-refractivity contribution in [1.82, 2.24) is 10.4 Å². The van der Waals surface area contributed by atoms with E-state index in [1.165, 1.54) is 12.3 Å². The first-order chi connectivity index (χ1) is 9.02. The van der Waals surface area contributed by atoms with Gasteiger partial charge in [0, 0.05) is 11.8 Å². The molecule has 19 heavy (non-hydrogen) atoms. The van der Waals surface area contributed by atoms with Gasteiger partial charge < -0.3 is 5.73 Å². The lowest BCUT2D eigenvalue weighted by Crippen LogP contribution is -2.29.